The Labute approximate surface area is 156 Å². The maximum absolute atomic E-state index is 12.9. The number of aliphatic hydroxyl groups excluding tert-OH is 1. The molecule has 142 valence electrons. The molecule has 0 radical (unpaired) electrons. The van der Waals surface area contributed by atoms with E-state index in [0.717, 1.165) is 32.1 Å². The normalized spacial score (nSPS) is 17.0. The van der Waals surface area contributed by atoms with Crippen molar-refractivity contribution in [1.82, 2.24) is 10.6 Å². The van der Waals surface area contributed by atoms with Crippen LogP contribution in [0.1, 0.15) is 44.1 Å². The quantitative estimate of drug-likeness (QED) is 0.420. The average molecular weight is 358 g/mol. The van der Waals surface area contributed by atoms with E-state index in [0.29, 0.717) is 25.1 Å². The third-order valence-corrected chi connectivity index (χ3v) is 4.94. The highest BCUT2D eigenvalue weighted by Gasteiger charge is 2.45. The molecule has 1 unspecified atom stereocenters. The predicted octanol–water partition coefficient (Wildman–Crippen LogP) is 1.55. The van der Waals surface area contributed by atoms with E-state index in [-0.39, 0.29) is 25.0 Å². The summed E-state index contributed by atoms with van der Waals surface area (Å²) in [6.45, 7) is 1.60. The summed E-state index contributed by atoms with van der Waals surface area (Å²) in [7, 11) is 0. The maximum Gasteiger partial charge on any atom is 0.257 e. The van der Waals surface area contributed by atoms with Crippen LogP contribution in [0.25, 0.3) is 0 Å². The fourth-order valence-electron chi connectivity index (χ4n) is 3.50. The second kappa shape index (κ2) is 11.0. The molecule has 5 nitrogen and oxygen atoms in total. The summed E-state index contributed by atoms with van der Waals surface area (Å²) in [4.78, 5) is 12.9. The molecule has 5 heteroatoms. The highest BCUT2D eigenvalue weighted by Crippen LogP contribution is 2.39. The van der Waals surface area contributed by atoms with Crippen LogP contribution in [0.5, 0.6) is 0 Å². The minimum atomic E-state index is -1.50. The minimum absolute atomic E-state index is 0.0632. The van der Waals surface area contributed by atoms with E-state index < -0.39 is 5.60 Å². The first-order valence-electron chi connectivity index (χ1n) is 9.53. The molecule has 1 aromatic rings. The summed E-state index contributed by atoms with van der Waals surface area (Å²) in [5, 5.41) is 26.0. The maximum atomic E-state index is 12.9. The topological polar surface area (TPSA) is 81.6 Å². The molecular formula is C21H30N2O3. The van der Waals surface area contributed by atoms with E-state index in [9.17, 15) is 9.90 Å². The van der Waals surface area contributed by atoms with Gasteiger partial charge in [0.2, 0.25) is 0 Å². The van der Waals surface area contributed by atoms with E-state index in [1.807, 2.05) is 30.3 Å². The van der Waals surface area contributed by atoms with Crippen molar-refractivity contribution in [3.63, 3.8) is 0 Å². The van der Waals surface area contributed by atoms with Gasteiger partial charge in [-0.05, 0) is 31.4 Å². The van der Waals surface area contributed by atoms with Crippen molar-refractivity contribution in [3.8, 4) is 11.8 Å². The van der Waals surface area contributed by atoms with Gasteiger partial charge in [0.1, 0.15) is 0 Å². The van der Waals surface area contributed by atoms with Crippen molar-refractivity contribution in [1.29, 1.82) is 0 Å². The highest BCUT2D eigenvalue weighted by atomic mass is 16.3. The molecule has 1 amide bonds. The molecule has 0 bridgehead atoms. The number of rotatable bonds is 8. The minimum Gasteiger partial charge on any atom is -0.396 e. The van der Waals surface area contributed by atoms with E-state index in [4.69, 9.17) is 5.11 Å². The Bertz CT molecular complexity index is 603. The third-order valence-electron chi connectivity index (χ3n) is 4.94. The van der Waals surface area contributed by atoms with Crippen molar-refractivity contribution in [2.75, 3.05) is 26.2 Å². The lowest BCUT2D eigenvalue weighted by atomic mass is 9.73. The number of nitrogens with one attached hydrogen (secondary N) is 2. The zero-order chi connectivity index (χ0) is 18.7. The van der Waals surface area contributed by atoms with Crippen molar-refractivity contribution in [2.24, 2.45) is 5.92 Å². The van der Waals surface area contributed by atoms with Crippen LogP contribution in [0, 0.1) is 17.8 Å². The number of hydrogen-bond donors (Lipinski definition) is 4. The molecule has 0 spiro atoms. The van der Waals surface area contributed by atoms with Crippen LogP contribution in [-0.2, 0) is 10.4 Å². The smallest absolute Gasteiger partial charge is 0.257 e. The molecule has 4 N–H and O–H groups in total. The molecule has 0 saturated heterocycles. The predicted molar refractivity (Wildman–Crippen MR) is 102 cm³/mol. The average Bonchev–Trinajstić information content (AvgIpc) is 2.70. The first kappa shape index (κ1) is 20.4. The largest absolute Gasteiger partial charge is 0.396 e. The van der Waals surface area contributed by atoms with Crippen LogP contribution in [-0.4, -0.2) is 42.4 Å². The lowest BCUT2D eigenvalue weighted by Crippen LogP contribution is -2.50. The number of carbonyl (C=O) groups is 1. The van der Waals surface area contributed by atoms with Gasteiger partial charge in [-0.15, -0.1) is 0 Å². The molecular weight excluding hydrogens is 328 g/mol. The lowest BCUT2D eigenvalue weighted by Gasteiger charge is -2.37. The van der Waals surface area contributed by atoms with Gasteiger partial charge in [-0.3, -0.25) is 4.79 Å². The van der Waals surface area contributed by atoms with Gasteiger partial charge in [0, 0.05) is 12.5 Å². The molecule has 2 rings (SSSR count). The molecule has 0 aromatic heterocycles. The number of aliphatic hydroxyl groups is 2. The third kappa shape index (κ3) is 5.57. The molecule has 0 heterocycles. The fraction of sp³-hybridized carbons (Fsp3) is 0.571. The summed E-state index contributed by atoms with van der Waals surface area (Å²) in [5.74, 6) is 5.41. The van der Waals surface area contributed by atoms with Crippen LogP contribution in [0.3, 0.4) is 0 Å². The fourth-order valence-corrected chi connectivity index (χ4v) is 3.50. The van der Waals surface area contributed by atoms with Gasteiger partial charge in [-0.25, -0.2) is 0 Å². The zero-order valence-electron chi connectivity index (χ0n) is 15.3. The van der Waals surface area contributed by atoms with E-state index >= 15 is 0 Å². The van der Waals surface area contributed by atoms with E-state index in [2.05, 4.69) is 22.5 Å². The Morgan fingerprint density at radius 1 is 1.12 bits per heavy atom. The lowest BCUT2D eigenvalue weighted by molar-refractivity contribution is -0.149. The summed E-state index contributed by atoms with van der Waals surface area (Å²) in [6.07, 6.45) is 5.68. The Morgan fingerprint density at radius 2 is 1.81 bits per heavy atom. The number of hydrogen-bond acceptors (Lipinski definition) is 4. The molecule has 0 aliphatic heterocycles. The SMILES string of the molecule is O=C(NCC#CCNCCCO)C(O)(c1ccccc1)C1CCCCC1. The number of carbonyl (C=O) groups excluding carboxylic acids is 1. The van der Waals surface area contributed by atoms with Crippen LogP contribution >= 0.6 is 0 Å². The molecule has 1 aromatic carbocycles. The van der Waals surface area contributed by atoms with Crippen molar-refractivity contribution in [2.45, 2.75) is 44.1 Å². The molecule has 1 atom stereocenters. The van der Waals surface area contributed by atoms with Gasteiger partial charge < -0.3 is 20.8 Å². The monoisotopic (exact) mass is 358 g/mol. The molecule has 1 fully saturated rings. The van der Waals surface area contributed by atoms with Crippen molar-refractivity contribution < 1.29 is 15.0 Å². The molecule has 1 aliphatic carbocycles. The van der Waals surface area contributed by atoms with Gasteiger partial charge >= 0.3 is 0 Å². The molecule has 26 heavy (non-hydrogen) atoms. The van der Waals surface area contributed by atoms with Gasteiger partial charge in [-0.2, -0.15) is 0 Å². The first-order valence-corrected chi connectivity index (χ1v) is 9.53. The van der Waals surface area contributed by atoms with E-state index in [1.54, 1.807) is 0 Å². The van der Waals surface area contributed by atoms with Crippen LogP contribution < -0.4 is 10.6 Å². The summed E-state index contributed by atoms with van der Waals surface area (Å²) >= 11 is 0. The van der Waals surface area contributed by atoms with Gasteiger partial charge in [0.15, 0.2) is 5.60 Å². The first-order chi connectivity index (χ1) is 12.7. The number of benzene rings is 1. The van der Waals surface area contributed by atoms with Crippen molar-refractivity contribution >= 4 is 5.91 Å². The second-order valence-corrected chi connectivity index (χ2v) is 6.76. The van der Waals surface area contributed by atoms with Crippen LogP contribution in [0.4, 0.5) is 0 Å². The highest BCUT2D eigenvalue weighted by molar-refractivity contribution is 5.87. The van der Waals surface area contributed by atoms with Gasteiger partial charge in [0.05, 0.1) is 13.1 Å². The standard InChI is InChI=1S/C21H30N2O3/c24-17-9-15-22-14-7-8-16-23-20(25)21(26,18-10-3-1-4-11-18)19-12-5-2-6-13-19/h1,3-4,10-11,19,22,24,26H,2,5-6,9,12-17H2,(H,23,25). The summed E-state index contributed by atoms with van der Waals surface area (Å²) in [6, 6.07) is 9.25. The Balaban J connectivity index is 1.97. The Morgan fingerprint density at radius 3 is 2.50 bits per heavy atom. The van der Waals surface area contributed by atoms with Crippen molar-refractivity contribution in [3.05, 3.63) is 35.9 Å². The van der Waals surface area contributed by atoms with Crippen LogP contribution in [0.2, 0.25) is 0 Å². The van der Waals surface area contributed by atoms with Gasteiger partial charge in [0.25, 0.3) is 5.91 Å². The zero-order valence-corrected chi connectivity index (χ0v) is 15.3. The second-order valence-electron chi connectivity index (χ2n) is 6.76. The summed E-state index contributed by atoms with van der Waals surface area (Å²) in [5.41, 5.74) is -0.842. The number of amides is 1. The van der Waals surface area contributed by atoms with E-state index in [1.165, 1.54) is 0 Å². The molecule has 1 aliphatic rings. The Kier molecular flexibility index (Phi) is 8.63. The molecule has 1 saturated carbocycles. The van der Waals surface area contributed by atoms with Crippen LogP contribution in [0.15, 0.2) is 30.3 Å². The Hall–Kier alpha value is -1.87. The summed E-state index contributed by atoms with van der Waals surface area (Å²) < 4.78 is 0. The van der Waals surface area contributed by atoms with Gasteiger partial charge in [-0.1, -0.05) is 61.4 Å².